The normalized spacial score (nSPS) is 12.7. The third-order valence-corrected chi connectivity index (χ3v) is 4.21. The van der Waals surface area contributed by atoms with Gasteiger partial charge in [-0.05, 0) is 42.5 Å². The summed E-state index contributed by atoms with van der Waals surface area (Å²) in [6, 6.07) is 6.69. The Bertz CT molecular complexity index is 844. The Balaban J connectivity index is 2.22. The topological polar surface area (TPSA) is 55.4 Å². The van der Waals surface area contributed by atoms with Crippen molar-refractivity contribution in [1.82, 2.24) is 0 Å². The van der Waals surface area contributed by atoms with Gasteiger partial charge in [-0.1, -0.05) is 6.07 Å². The Morgan fingerprint density at radius 2 is 1.48 bits per heavy atom. The van der Waals surface area contributed by atoms with E-state index >= 15 is 0 Å². The molecular formula is C14H9F6NO3S. The Labute approximate surface area is 138 Å². The molecule has 0 aliphatic heterocycles. The summed E-state index contributed by atoms with van der Waals surface area (Å²) in [5.74, 6) is -0.634. The van der Waals surface area contributed by atoms with E-state index in [2.05, 4.69) is 4.74 Å². The zero-order chi connectivity index (χ0) is 18.9. The number of ether oxygens (including phenoxy) is 1. The van der Waals surface area contributed by atoms with Crippen LogP contribution in [0.4, 0.5) is 32.0 Å². The van der Waals surface area contributed by atoms with Gasteiger partial charge >= 0.3 is 12.5 Å². The van der Waals surface area contributed by atoms with Gasteiger partial charge in [-0.15, -0.1) is 13.2 Å². The van der Waals surface area contributed by atoms with E-state index in [1.165, 1.54) is 0 Å². The molecule has 2 rings (SSSR count). The molecule has 4 nitrogen and oxygen atoms in total. The Morgan fingerprint density at radius 3 is 2.00 bits per heavy atom. The third kappa shape index (κ3) is 5.28. The first-order valence-corrected chi connectivity index (χ1v) is 7.91. The molecule has 2 aromatic carbocycles. The standard InChI is InChI=1S/C14H9F6NO3S/c15-13(16,17)9-2-1-3-10(8-9)21-25(22,23)12-6-4-11(5-7-12)24-14(18,19)20/h1-8,21H. The molecule has 0 saturated heterocycles. The summed E-state index contributed by atoms with van der Waals surface area (Å²) in [5, 5.41) is 0. The minimum atomic E-state index is -4.93. The Kier molecular flexibility index (Phi) is 4.89. The smallest absolute Gasteiger partial charge is 0.406 e. The average Bonchev–Trinajstić information content (AvgIpc) is 2.45. The summed E-state index contributed by atoms with van der Waals surface area (Å²) in [4.78, 5) is -0.445. The molecule has 0 fully saturated rings. The first-order valence-electron chi connectivity index (χ1n) is 6.43. The molecule has 0 spiro atoms. The van der Waals surface area contributed by atoms with E-state index in [1.54, 1.807) is 0 Å². The molecule has 0 aliphatic rings. The highest BCUT2D eigenvalue weighted by molar-refractivity contribution is 7.92. The van der Waals surface area contributed by atoms with E-state index < -0.39 is 38.8 Å². The molecule has 2 aromatic rings. The first kappa shape index (κ1) is 18.9. The molecule has 136 valence electrons. The maximum absolute atomic E-state index is 12.6. The minimum Gasteiger partial charge on any atom is -0.406 e. The van der Waals surface area contributed by atoms with E-state index in [1.807, 2.05) is 4.72 Å². The van der Waals surface area contributed by atoms with Crippen LogP contribution in [-0.2, 0) is 16.2 Å². The monoisotopic (exact) mass is 385 g/mol. The summed E-state index contributed by atoms with van der Waals surface area (Å²) < 4.78 is 104. The molecule has 0 bridgehead atoms. The Hall–Kier alpha value is -2.43. The van der Waals surface area contributed by atoms with Crippen molar-refractivity contribution >= 4 is 15.7 Å². The Morgan fingerprint density at radius 1 is 0.880 bits per heavy atom. The van der Waals surface area contributed by atoms with Crippen LogP contribution in [0.5, 0.6) is 5.75 Å². The molecule has 0 saturated carbocycles. The molecule has 0 atom stereocenters. The molecule has 0 heterocycles. The van der Waals surface area contributed by atoms with Gasteiger partial charge in [0.2, 0.25) is 0 Å². The van der Waals surface area contributed by atoms with Crippen LogP contribution in [-0.4, -0.2) is 14.8 Å². The van der Waals surface area contributed by atoms with E-state index in [4.69, 9.17) is 0 Å². The van der Waals surface area contributed by atoms with Gasteiger partial charge in [-0.2, -0.15) is 13.2 Å². The number of hydrogen-bond acceptors (Lipinski definition) is 3. The van der Waals surface area contributed by atoms with Gasteiger partial charge < -0.3 is 4.74 Å². The van der Waals surface area contributed by atoms with E-state index in [-0.39, 0.29) is 5.69 Å². The zero-order valence-electron chi connectivity index (χ0n) is 12.0. The van der Waals surface area contributed by atoms with Gasteiger partial charge in [0.15, 0.2) is 0 Å². The van der Waals surface area contributed by atoms with Gasteiger partial charge in [-0.25, -0.2) is 8.42 Å². The van der Waals surface area contributed by atoms with E-state index in [0.717, 1.165) is 42.5 Å². The predicted octanol–water partition coefficient (Wildman–Crippen LogP) is 4.40. The van der Waals surface area contributed by atoms with Crippen molar-refractivity contribution < 1.29 is 39.5 Å². The largest absolute Gasteiger partial charge is 0.573 e. The summed E-state index contributed by atoms with van der Waals surface area (Å²) in [5.41, 5.74) is -1.40. The zero-order valence-corrected chi connectivity index (χ0v) is 12.8. The number of hydrogen-bond donors (Lipinski definition) is 1. The van der Waals surface area contributed by atoms with Crippen LogP contribution in [0, 0.1) is 0 Å². The van der Waals surface area contributed by atoms with Crippen molar-refractivity contribution in [2.24, 2.45) is 0 Å². The maximum Gasteiger partial charge on any atom is 0.573 e. The summed E-state index contributed by atoms with van der Waals surface area (Å²) in [6.45, 7) is 0. The first-order chi connectivity index (χ1) is 11.4. The van der Waals surface area contributed by atoms with E-state index in [0.29, 0.717) is 6.07 Å². The third-order valence-electron chi connectivity index (χ3n) is 2.81. The van der Waals surface area contributed by atoms with Gasteiger partial charge in [0, 0.05) is 5.69 Å². The lowest BCUT2D eigenvalue weighted by molar-refractivity contribution is -0.274. The van der Waals surface area contributed by atoms with Crippen LogP contribution >= 0.6 is 0 Å². The molecule has 0 amide bonds. The van der Waals surface area contributed by atoms with Crippen LogP contribution in [0.1, 0.15) is 5.56 Å². The van der Waals surface area contributed by atoms with Crippen molar-refractivity contribution in [1.29, 1.82) is 0 Å². The molecule has 0 radical (unpaired) electrons. The van der Waals surface area contributed by atoms with Crippen LogP contribution in [0.25, 0.3) is 0 Å². The lowest BCUT2D eigenvalue weighted by Gasteiger charge is -2.12. The van der Waals surface area contributed by atoms with Crippen molar-refractivity contribution in [2.75, 3.05) is 4.72 Å². The molecular weight excluding hydrogens is 376 g/mol. The quantitative estimate of drug-likeness (QED) is 0.794. The summed E-state index contributed by atoms with van der Waals surface area (Å²) in [6.07, 6.45) is -9.59. The van der Waals surface area contributed by atoms with Crippen LogP contribution in [0.2, 0.25) is 0 Å². The summed E-state index contributed by atoms with van der Waals surface area (Å²) in [7, 11) is -4.29. The maximum atomic E-state index is 12.6. The fraction of sp³-hybridized carbons (Fsp3) is 0.143. The van der Waals surface area contributed by atoms with Crippen LogP contribution in [0.3, 0.4) is 0 Å². The van der Waals surface area contributed by atoms with Gasteiger partial charge in [0.1, 0.15) is 5.75 Å². The van der Waals surface area contributed by atoms with Crippen molar-refractivity contribution in [3.8, 4) is 5.75 Å². The highest BCUT2D eigenvalue weighted by Gasteiger charge is 2.32. The molecule has 1 N–H and O–H groups in total. The molecule has 11 heteroatoms. The lowest BCUT2D eigenvalue weighted by atomic mass is 10.2. The average molecular weight is 385 g/mol. The molecule has 0 aromatic heterocycles. The highest BCUT2D eigenvalue weighted by Crippen LogP contribution is 2.31. The van der Waals surface area contributed by atoms with Gasteiger partial charge in [0.25, 0.3) is 10.0 Å². The highest BCUT2D eigenvalue weighted by atomic mass is 32.2. The molecule has 25 heavy (non-hydrogen) atoms. The number of anilines is 1. The number of rotatable bonds is 4. The fourth-order valence-corrected chi connectivity index (χ4v) is 2.84. The van der Waals surface area contributed by atoms with Gasteiger partial charge in [-0.3, -0.25) is 4.72 Å². The van der Waals surface area contributed by atoms with Crippen molar-refractivity contribution in [3.05, 3.63) is 54.1 Å². The van der Waals surface area contributed by atoms with Crippen LogP contribution < -0.4 is 9.46 Å². The predicted molar refractivity (Wildman–Crippen MR) is 75.4 cm³/mol. The number of halogens is 6. The molecule has 0 aliphatic carbocycles. The van der Waals surface area contributed by atoms with Crippen molar-refractivity contribution in [3.63, 3.8) is 0 Å². The second-order valence-corrected chi connectivity index (χ2v) is 6.39. The van der Waals surface area contributed by atoms with Gasteiger partial charge in [0.05, 0.1) is 10.5 Å². The van der Waals surface area contributed by atoms with Crippen molar-refractivity contribution in [2.45, 2.75) is 17.4 Å². The number of sulfonamides is 1. The lowest BCUT2D eigenvalue weighted by Crippen LogP contribution is -2.17. The number of benzene rings is 2. The van der Waals surface area contributed by atoms with Crippen LogP contribution in [0.15, 0.2) is 53.4 Å². The second kappa shape index (κ2) is 6.47. The fourth-order valence-electron chi connectivity index (χ4n) is 1.79. The summed E-state index contributed by atoms with van der Waals surface area (Å²) >= 11 is 0. The SMILES string of the molecule is O=S(=O)(Nc1cccc(C(F)(F)F)c1)c1ccc(OC(F)(F)F)cc1. The number of nitrogens with one attached hydrogen (secondary N) is 1. The van der Waals surface area contributed by atoms with E-state index in [9.17, 15) is 34.8 Å². The second-order valence-electron chi connectivity index (χ2n) is 4.70. The minimum absolute atomic E-state index is 0.342. The number of alkyl halides is 6. The molecule has 0 unspecified atom stereocenters.